The Morgan fingerprint density at radius 1 is 1.41 bits per heavy atom. The molecule has 0 radical (unpaired) electrons. The Bertz CT molecular complexity index is 348. The summed E-state index contributed by atoms with van der Waals surface area (Å²) >= 11 is 0. The van der Waals surface area contributed by atoms with Crippen LogP contribution in [0.25, 0.3) is 0 Å². The maximum atomic E-state index is 11.3. The topological polar surface area (TPSA) is 58.6 Å². The maximum Gasteiger partial charge on any atom is 0.222 e. The van der Waals surface area contributed by atoms with Gasteiger partial charge in [0.2, 0.25) is 5.91 Å². The predicted molar refractivity (Wildman–Crippen MR) is 65.6 cm³/mol. The lowest BCUT2D eigenvalue weighted by atomic mass is 10.1. The van der Waals surface area contributed by atoms with Crippen molar-refractivity contribution >= 4 is 5.91 Å². The Labute approximate surface area is 102 Å². The van der Waals surface area contributed by atoms with E-state index >= 15 is 0 Å². The third kappa shape index (κ3) is 4.97. The first kappa shape index (κ1) is 13.7. The largest absolute Gasteiger partial charge is 0.387 e. The minimum absolute atomic E-state index is 0.113. The van der Waals surface area contributed by atoms with Crippen LogP contribution >= 0.6 is 0 Å². The fourth-order valence-corrected chi connectivity index (χ4v) is 1.40. The van der Waals surface area contributed by atoms with Gasteiger partial charge in [-0.15, -0.1) is 0 Å². The van der Waals surface area contributed by atoms with Crippen molar-refractivity contribution in [1.82, 2.24) is 5.32 Å². The highest BCUT2D eigenvalue weighted by molar-refractivity contribution is 5.75. The number of benzene rings is 1. The fraction of sp³-hybridized carbons (Fsp3) is 0.462. The molecular weight excluding hydrogens is 218 g/mol. The molecular formula is C13H19NO3. The third-order valence-electron chi connectivity index (χ3n) is 2.49. The number of carbonyl (C=O) groups is 1. The number of aliphatic hydroxyl groups is 1. The molecule has 1 unspecified atom stereocenters. The Balaban J connectivity index is 2.36. The van der Waals surface area contributed by atoms with Crippen LogP contribution in [-0.4, -0.2) is 31.3 Å². The van der Waals surface area contributed by atoms with E-state index in [1.807, 2.05) is 31.2 Å². The van der Waals surface area contributed by atoms with Crippen LogP contribution in [0, 0.1) is 6.92 Å². The molecule has 1 rings (SSSR count). The van der Waals surface area contributed by atoms with Gasteiger partial charge in [-0.05, 0) is 12.5 Å². The highest BCUT2D eigenvalue weighted by atomic mass is 16.5. The van der Waals surface area contributed by atoms with Crippen LogP contribution < -0.4 is 5.32 Å². The van der Waals surface area contributed by atoms with Crippen LogP contribution in [0.1, 0.15) is 23.7 Å². The number of nitrogens with one attached hydrogen (secondary N) is 1. The summed E-state index contributed by atoms with van der Waals surface area (Å²) in [6, 6.07) is 7.60. The Hall–Kier alpha value is -1.39. The standard InChI is InChI=1S/C13H19NO3/c1-10-3-5-11(6-4-10)12(15)9-14-13(16)7-8-17-2/h3-6,12,15H,7-9H2,1-2H3,(H,14,16). The van der Waals surface area contributed by atoms with Gasteiger partial charge in [-0.1, -0.05) is 29.8 Å². The number of hydrogen-bond acceptors (Lipinski definition) is 3. The molecule has 0 saturated carbocycles. The molecule has 94 valence electrons. The predicted octanol–water partition coefficient (Wildman–Crippen LogP) is 1.18. The highest BCUT2D eigenvalue weighted by Gasteiger charge is 2.08. The maximum absolute atomic E-state index is 11.3. The first-order chi connectivity index (χ1) is 8.13. The molecule has 4 nitrogen and oxygen atoms in total. The third-order valence-corrected chi connectivity index (χ3v) is 2.49. The van der Waals surface area contributed by atoms with Crippen molar-refractivity contribution in [2.75, 3.05) is 20.3 Å². The summed E-state index contributed by atoms with van der Waals surface area (Å²) in [5.41, 5.74) is 1.95. The molecule has 4 heteroatoms. The highest BCUT2D eigenvalue weighted by Crippen LogP contribution is 2.12. The molecule has 17 heavy (non-hydrogen) atoms. The van der Waals surface area contributed by atoms with Crippen LogP contribution in [0.5, 0.6) is 0 Å². The molecule has 1 aromatic rings. The van der Waals surface area contributed by atoms with Crippen molar-refractivity contribution in [3.63, 3.8) is 0 Å². The molecule has 1 amide bonds. The second-order valence-corrected chi connectivity index (χ2v) is 3.97. The van der Waals surface area contributed by atoms with Crippen molar-refractivity contribution < 1.29 is 14.6 Å². The van der Waals surface area contributed by atoms with Crippen molar-refractivity contribution in [3.05, 3.63) is 35.4 Å². The number of rotatable bonds is 6. The van der Waals surface area contributed by atoms with Crippen molar-refractivity contribution in [3.8, 4) is 0 Å². The summed E-state index contributed by atoms with van der Waals surface area (Å²) in [7, 11) is 1.55. The van der Waals surface area contributed by atoms with Gasteiger partial charge < -0.3 is 15.2 Å². The number of methoxy groups -OCH3 is 1. The van der Waals surface area contributed by atoms with Gasteiger partial charge in [0.05, 0.1) is 12.7 Å². The minimum Gasteiger partial charge on any atom is -0.387 e. The molecule has 0 spiro atoms. The molecule has 0 bridgehead atoms. The smallest absolute Gasteiger partial charge is 0.222 e. The zero-order chi connectivity index (χ0) is 12.7. The van der Waals surface area contributed by atoms with Crippen LogP contribution in [0.4, 0.5) is 0 Å². The van der Waals surface area contributed by atoms with Gasteiger partial charge in [0.1, 0.15) is 0 Å². The number of hydrogen-bond donors (Lipinski definition) is 2. The monoisotopic (exact) mass is 237 g/mol. The summed E-state index contributed by atoms with van der Waals surface area (Å²) < 4.78 is 4.79. The molecule has 1 aromatic carbocycles. The second kappa shape index (κ2) is 7.04. The molecule has 0 aromatic heterocycles. The zero-order valence-electron chi connectivity index (χ0n) is 10.3. The van der Waals surface area contributed by atoms with E-state index in [9.17, 15) is 9.90 Å². The van der Waals surface area contributed by atoms with Gasteiger partial charge >= 0.3 is 0 Å². The Kier molecular flexibility index (Phi) is 5.66. The summed E-state index contributed by atoms with van der Waals surface area (Å²) in [4.78, 5) is 11.3. The van der Waals surface area contributed by atoms with Gasteiger partial charge in [-0.3, -0.25) is 4.79 Å². The molecule has 0 aliphatic carbocycles. The van der Waals surface area contributed by atoms with E-state index in [1.165, 1.54) is 0 Å². The lowest BCUT2D eigenvalue weighted by Crippen LogP contribution is -2.28. The van der Waals surface area contributed by atoms with Gasteiger partial charge in [0.15, 0.2) is 0 Å². The van der Waals surface area contributed by atoms with E-state index in [0.717, 1.165) is 11.1 Å². The van der Waals surface area contributed by atoms with Crippen LogP contribution in [-0.2, 0) is 9.53 Å². The van der Waals surface area contributed by atoms with Crippen molar-refractivity contribution in [1.29, 1.82) is 0 Å². The average molecular weight is 237 g/mol. The molecule has 0 aliphatic rings. The Morgan fingerprint density at radius 2 is 2.06 bits per heavy atom. The van der Waals surface area contributed by atoms with E-state index < -0.39 is 6.10 Å². The zero-order valence-corrected chi connectivity index (χ0v) is 10.3. The summed E-state index contributed by atoms with van der Waals surface area (Å²) in [6.07, 6.45) is -0.348. The van der Waals surface area contributed by atoms with E-state index in [-0.39, 0.29) is 12.5 Å². The number of carbonyl (C=O) groups excluding carboxylic acids is 1. The second-order valence-electron chi connectivity index (χ2n) is 3.97. The van der Waals surface area contributed by atoms with Crippen molar-refractivity contribution in [2.24, 2.45) is 0 Å². The van der Waals surface area contributed by atoms with Gasteiger partial charge in [-0.2, -0.15) is 0 Å². The van der Waals surface area contributed by atoms with Gasteiger partial charge in [-0.25, -0.2) is 0 Å². The molecule has 0 saturated heterocycles. The molecule has 0 heterocycles. The first-order valence-electron chi connectivity index (χ1n) is 5.63. The SMILES string of the molecule is COCCC(=O)NCC(O)c1ccc(C)cc1. The fourth-order valence-electron chi connectivity index (χ4n) is 1.40. The van der Waals surface area contributed by atoms with Crippen LogP contribution in [0.2, 0.25) is 0 Å². The first-order valence-corrected chi connectivity index (χ1v) is 5.63. The lowest BCUT2D eigenvalue weighted by Gasteiger charge is -2.12. The summed E-state index contributed by atoms with van der Waals surface area (Å²) in [5, 5.41) is 12.5. The molecule has 0 aliphatic heterocycles. The van der Waals surface area contributed by atoms with Crippen LogP contribution in [0.3, 0.4) is 0 Å². The van der Waals surface area contributed by atoms with E-state index in [1.54, 1.807) is 7.11 Å². The Morgan fingerprint density at radius 3 is 2.65 bits per heavy atom. The number of ether oxygens (including phenoxy) is 1. The quantitative estimate of drug-likeness (QED) is 0.781. The number of amides is 1. The van der Waals surface area contributed by atoms with E-state index in [2.05, 4.69) is 5.32 Å². The minimum atomic E-state index is -0.665. The van der Waals surface area contributed by atoms with Gasteiger partial charge in [0, 0.05) is 20.1 Å². The molecule has 1 atom stereocenters. The lowest BCUT2D eigenvalue weighted by molar-refractivity contribution is -0.122. The summed E-state index contributed by atoms with van der Waals surface area (Å²) in [5.74, 6) is -0.113. The van der Waals surface area contributed by atoms with Crippen LogP contribution in [0.15, 0.2) is 24.3 Å². The molecule has 2 N–H and O–H groups in total. The summed E-state index contributed by atoms with van der Waals surface area (Å²) in [6.45, 7) is 2.61. The van der Waals surface area contributed by atoms with Gasteiger partial charge in [0.25, 0.3) is 0 Å². The normalized spacial score (nSPS) is 12.2. The average Bonchev–Trinajstić information content (AvgIpc) is 2.34. The van der Waals surface area contributed by atoms with E-state index in [0.29, 0.717) is 13.0 Å². The number of aliphatic hydroxyl groups excluding tert-OH is 1. The molecule has 0 fully saturated rings. The van der Waals surface area contributed by atoms with E-state index in [4.69, 9.17) is 4.74 Å². The van der Waals surface area contributed by atoms with Crippen molar-refractivity contribution in [2.45, 2.75) is 19.4 Å². The number of aryl methyl sites for hydroxylation is 1.